The van der Waals surface area contributed by atoms with E-state index >= 15 is 0 Å². The third-order valence-corrected chi connectivity index (χ3v) is 3.75. The normalized spacial score (nSPS) is 15.7. The summed E-state index contributed by atoms with van der Waals surface area (Å²) in [7, 11) is 1.62. The average molecular weight is 337 g/mol. The minimum atomic E-state index is -0.115. The second kappa shape index (κ2) is 7.77. The molecule has 1 aliphatic rings. The molecule has 128 valence electrons. The van der Waals surface area contributed by atoms with Crippen LogP contribution < -0.4 is 20.3 Å². The molecule has 2 heterocycles. The Hall–Kier alpha value is -1.63. The van der Waals surface area contributed by atoms with E-state index in [4.69, 9.17) is 17.0 Å². The van der Waals surface area contributed by atoms with Crippen molar-refractivity contribution in [3.63, 3.8) is 0 Å². The summed E-state index contributed by atoms with van der Waals surface area (Å²) in [6.07, 6.45) is 4.95. The highest BCUT2D eigenvalue weighted by Gasteiger charge is 2.16. The maximum absolute atomic E-state index is 5.33. The molecule has 0 bridgehead atoms. The highest BCUT2D eigenvalue weighted by molar-refractivity contribution is 7.80. The fourth-order valence-electron chi connectivity index (χ4n) is 2.51. The first-order chi connectivity index (χ1) is 10.9. The molecule has 1 aliphatic heterocycles. The number of aromatic nitrogens is 2. The second-order valence-electron chi connectivity index (χ2n) is 6.82. The van der Waals surface area contributed by atoms with Gasteiger partial charge in [-0.3, -0.25) is 0 Å². The second-order valence-corrected chi connectivity index (χ2v) is 7.23. The molecule has 0 unspecified atom stereocenters. The molecule has 0 saturated carbocycles. The van der Waals surface area contributed by atoms with Crippen LogP contribution in [0.1, 0.15) is 46.5 Å². The maximum atomic E-state index is 5.33. The molecule has 23 heavy (non-hydrogen) atoms. The number of anilines is 2. The van der Waals surface area contributed by atoms with Crippen LogP contribution >= 0.6 is 12.2 Å². The predicted octanol–water partition coefficient (Wildman–Crippen LogP) is 2.95. The van der Waals surface area contributed by atoms with Crippen molar-refractivity contribution >= 4 is 29.1 Å². The Balaban J connectivity index is 2.16. The van der Waals surface area contributed by atoms with Crippen molar-refractivity contribution in [2.24, 2.45) is 0 Å². The SMILES string of the molecule is COc1cc(N2CCCCCC2)nc(NC(=S)NC(C)(C)C)n1. The minimum Gasteiger partial charge on any atom is -0.481 e. The van der Waals surface area contributed by atoms with E-state index in [-0.39, 0.29) is 5.54 Å². The van der Waals surface area contributed by atoms with Gasteiger partial charge in [-0.2, -0.15) is 9.97 Å². The van der Waals surface area contributed by atoms with Gasteiger partial charge in [0.25, 0.3) is 0 Å². The van der Waals surface area contributed by atoms with E-state index in [0.29, 0.717) is 16.9 Å². The first kappa shape index (κ1) is 17.7. The van der Waals surface area contributed by atoms with E-state index in [1.807, 2.05) is 6.07 Å². The monoisotopic (exact) mass is 337 g/mol. The lowest BCUT2D eigenvalue weighted by Crippen LogP contribution is -2.43. The van der Waals surface area contributed by atoms with Gasteiger partial charge in [-0.25, -0.2) is 0 Å². The number of hydrogen-bond acceptors (Lipinski definition) is 5. The van der Waals surface area contributed by atoms with Crippen LogP contribution in [0.4, 0.5) is 11.8 Å². The number of thiocarbonyl (C=S) groups is 1. The number of ether oxygens (including phenoxy) is 1. The van der Waals surface area contributed by atoms with Crippen LogP contribution in [0.5, 0.6) is 5.88 Å². The Morgan fingerprint density at radius 2 is 1.83 bits per heavy atom. The summed E-state index contributed by atoms with van der Waals surface area (Å²) in [5.74, 6) is 1.89. The van der Waals surface area contributed by atoms with E-state index in [2.05, 4.69) is 46.3 Å². The van der Waals surface area contributed by atoms with Gasteiger partial charge in [-0.1, -0.05) is 12.8 Å². The topological polar surface area (TPSA) is 62.3 Å². The van der Waals surface area contributed by atoms with Crippen LogP contribution in [0.3, 0.4) is 0 Å². The van der Waals surface area contributed by atoms with Crippen molar-refractivity contribution < 1.29 is 4.74 Å². The molecule has 0 aromatic carbocycles. The maximum Gasteiger partial charge on any atom is 0.234 e. The molecular formula is C16H27N5OS. The van der Waals surface area contributed by atoms with Gasteiger partial charge in [0.15, 0.2) is 5.11 Å². The highest BCUT2D eigenvalue weighted by Crippen LogP contribution is 2.22. The van der Waals surface area contributed by atoms with Gasteiger partial charge in [0.05, 0.1) is 7.11 Å². The molecule has 2 N–H and O–H groups in total. The van der Waals surface area contributed by atoms with Crippen molar-refractivity contribution in [3.8, 4) is 5.88 Å². The summed E-state index contributed by atoms with van der Waals surface area (Å²) < 4.78 is 5.32. The Labute approximate surface area is 144 Å². The average Bonchev–Trinajstić information content (AvgIpc) is 2.73. The molecule has 0 aliphatic carbocycles. The van der Waals surface area contributed by atoms with Gasteiger partial charge in [0.2, 0.25) is 11.8 Å². The molecule has 1 aromatic heterocycles. The molecule has 2 rings (SSSR count). The fraction of sp³-hybridized carbons (Fsp3) is 0.688. The zero-order valence-electron chi connectivity index (χ0n) is 14.5. The van der Waals surface area contributed by atoms with E-state index in [1.54, 1.807) is 7.11 Å². The number of rotatable bonds is 3. The van der Waals surface area contributed by atoms with Crippen molar-refractivity contribution in [2.75, 3.05) is 30.4 Å². The lowest BCUT2D eigenvalue weighted by molar-refractivity contribution is 0.397. The van der Waals surface area contributed by atoms with Crippen LogP contribution in [0, 0.1) is 0 Å². The first-order valence-electron chi connectivity index (χ1n) is 8.14. The molecule has 1 fully saturated rings. The standard InChI is InChI=1S/C16H27N5OS/c1-16(2,3)20-15(23)19-14-17-12(11-13(18-14)22-4)21-9-7-5-6-8-10-21/h11H,5-10H2,1-4H3,(H2,17,18,19,20,23). The first-order valence-corrected chi connectivity index (χ1v) is 8.55. The van der Waals surface area contributed by atoms with Crippen LogP contribution in [-0.4, -0.2) is 40.8 Å². The predicted molar refractivity (Wildman–Crippen MR) is 98.4 cm³/mol. The minimum absolute atomic E-state index is 0.115. The summed E-state index contributed by atoms with van der Waals surface area (Å²) in [4.78, 5) is 11.2. The van der Waals surface area contributed by atoms with Gasteiger partial charge in [0, 0.05) is 24.7 Å². The van der Waals surface area contributed by atoms with Gasteiger partial charge < -0.3 is 20.3 Å². The van der Waals surface area contributed by atoms with Gasteiger partial charge >= 0.3 is 0 Å². The summed E-state index contributed by atoms with van der Waals surface area (Å²) in [6, 6.07) is 1.89. The Bertz CT molecular complexity index is 536. The van der Waals surface area contributed by atoms with E-state index in [0.717, 1.165) is 18.9 Å². The number of methoxy groups -OCH3 is 1. The number of hydrogen-bond donors (Lipinski definition) is 2. The van der Waals surface area contributed by atoms with E-state index in [1.165, 1.54) is 25.7 Å². The Kier molecular flexibility index (Phi) is 5.98. The summed E-state index contributed by atoms with van der Waals surface area (Å²) >= 11 is 5.33. The van der Waals surface area contributed by atoms with Crippen LogP contribution in [0.2, 0.25) is 0 Å². The number of nitrogens with zero attached hydrogens (tertiary/aromatic N) is 3. The van der Waals surface area contributed by atoms with Gasteiger partial charge in [0.1, 0.15) is 5.82 Å². The molecule has 0 amide bonds. The molecule has 7 heteroatoms. The van der Waals surface area contributed by atoms with Crippen LogP contribution in [0.15, 0.2) is 6.07 Å². The van der Waals surface area contributed by atoms with Crippen molar-refractivity contribution in [2.45, 2.75) is 52.0 Å². The lowest BCUT2D eigenvalue weighted by atomic mass is 10.1. The Morgan fingerprint density at radius 1 is 1.17 bits per heavy atom. The third-order valence-electron chi connectivity index (χ3n) is 3.54. The molecule has 1 saturated heterocycles. The van der Waals surface area contributed by atoms with Crippen LogP contribution in [-0.2, 0) is 0 Å². The molecule has 6 nitrogen and oxygen atoms in total. The summed E-state index contributed by atoms with van der Waals surface area (Å²) in [5, 5.41) is 6.77. The summed E-state index contributed by atoms with van der Waals surface area (Å²) in [6.45, 7) is 8.19. The fourth-order valence-corrected chi connectivity index (χ4v) is 2.91. The molecule has 1 aromatic rings. The molecular weight excluding hydrogens is 310 g/mol. The highest BCUT2D eigenvalue weighted by atomic mass is 32.1. The number of nitrogens with one attached hydrogen (secondary N) is 2. The molecule has 0 atom stereocenters. The van der Waals surface area contributed by atoms with Gasteiger partial charge in [-0.05, 0) is 45.8 Å². The third kappa shape index (κ3) is 5.82. The Morgan fingerprint density at radius 3 is 2.39 bits per heavy atom. The van der Waals surface area contributed by atoms with E-state index < -0.39 is 0 Å². The van der Waals surface area contributed by atoms with Crippen molar-refractivity contribution in [3.05, 3.63) is 6.07 Å². The van der Waals surface area contributed by atoms with Crippen molar-refractivity contribution in [1.82, 2.24) is 15.3 Å². The largest absolute Gasteiger partial charge is 0.481 e. The van der Waals surface area contributed by atoms with Crippen molar-refractivity contribution in [1.29, 1.82) is 0 Å². The quantitative estimate of drug-likeness (QED) is 0.822. The molecule has 0 radical (unpaired) electrons. The molecule has 0 spiro atoms. The van der Waals surface area contributed by atoms with Crippen LogP contribution in [0.25, 0.3) is 0 Å². The van der Waals surface area contributed by atoms with Gasteiger partial charge in [-0.15, -0.1) is 0 Å². The van der Waals surface area contributed by atoms with E-state index in [9.17, 15) is 0 Å². The smallest absolute Gasteiger partial charge is 0.234 e. The zero-order chi connectivity index (χ0) is 16.9. The summed E-state index contributed by atoms with van der Waals surface area (Å²) in [5.41, 5.74) is -0.115. The lowest BCUT2D eigenvalue weighted by Gasteiger charge is -2.24. The zero-order valence-corrected chi connectivity index (χ0v) is 15.3.